The van der Waals surface area contributed by atoms with Gasteiger partial charge in [-0.15, -0.1) is 0 Å². The molecule has 0 N–H and O–H groups in total. The lowest BCUT2D eigenvalue weighted by Crippen LogP contribution is -2.05. The van der Waals surface area contributed by atoms with Crippen LogP contribution in [-0.2, 0) is 0 Å². The van der Waals surface area contributed by atoms with Crippen LogP contribution in [0.25, 0.3) is 28.1 Å². The van der Waals surface area contributed by atoms with Crippen LogP contribution in [0.3, 0.4) is 0 Å². The molecule has 1 fully saturated rings. The summed E-state index contributed by atoms with van der Waals surface area (Å²) in [6.45, 7) is 0. The second kappa shape index (κ2) is 8.56. The van der Waals surface area contributed by atoms with Crippen molar-refractivity contribution in [2.75, 3.05) is 0 Å². The van der Waals surface area contributed by atoms with Gasteiger partial charge in [0.25, 0.3) is 0 Å². The Morgan fingerprint density at radius 3 is 1.71 bits per heavy atom. The molecule has 0 nitrogen and oxygen atoms in total. The summed E-state index contributed by atoms with van der Waals surface area (Å²) in [6.07, 6.45) is -3.92. The molecule has 0 aliphatic heterocycles. The predicted molar refractivity (Wildman–Crippen MR) is 121 cm³/mol. The standard InChI is InChI=1S/C28H17F7/c29-21-12-18(13-22(30)26(21)23(31)14-28(33,34)35)20-11-10-19(24-25(20)27(24)32)17-8-6-16(7-9-17)15-4-2-1-3-5-15/h1-14,24-25,27H/b23-14-. The first-order valence-electron chi connectivity index (χ1n) is 10.8. The molecule has 3 unspecified atom stereocenters. The number of allylic oxidation sites excluding steroid dienone is 5. The Balaban J connectivity index is 1.46. The van der Waals surface area contributed by atoms with E-state index in [9.17, 15) is 30.7 Å². The fraction of sp³-hybridized carbons (Fsp3) is 0.143. The molecular weight excluding hydrogens is 469 g/mol. The summed E-state index contributed by atoms with van der Waals surface area (Å²) in [5, 5.41) is 0. The Morgan fingerprint density at radius 1 is 0.686 bits per heavy atom. The van der Waals surface area contributed by atoms with E-state index in [0.29, 0.717) is 5.57 Å². The molecule has 2 aliphatic carbocycles. The highest BCUT2D eigenvalue weighted by molar-refractivity contribution is 5.86. The summed E-state index contributed by atoms with van der Waals surface area (Å²) in [5.41, 5.74) is 2.50. The SMILES string of the molecule is F/C(=C\C(F)(F)F)c1c(F)cc(C2=CC=C(c3ccc(-c4ccccc4)cc3)C3C(F)C23)cc1F. The maximum atomic E-state index is 14.8. The van der Waals surface area contributed by atoms with Crippen molar-refractivity contribution in [3.05, 3.63) is 113 Å². The van der Waals surface area contributed by atoms with Gasteiger partial charge in [0.05, 0.1) is 11.6 Å². The van der Waals surface area contributed by atoms with Crippen LogP contribution in [0.4, 0.5) is 30.7 Å². The number of alkyl halides is 4. The molecule has 0 amide bonds. The Hall–Kier alpha value is -3.61. The van der Waals surface area contributed by atoms with Crippen molar-refractivity contribution in [3.63, 3.8) is 0 Å². The highest BCUT2D eigenvalue weighted by atomic mass is 19.4. The van der Waals surface area contributed by atoms with Gasteiger partial charge >= 0.3 is 6.18 Å². The third kappa shape index (κ3) is 4.43. The van der Waals surface area contributed by atoms with Crippen molar-refractivity contribution in [1.82, 2.24) is 0 Å². The molecule has 0 heterocycles. The predicted octanol–water partition coefficient (Wildman–Crippen LogP) is 8.57. The van der Waals surface area contributed by atoms with Gasteiger partial charge in [-0.05, 0) is 45.5 Å². The van der Waals surface area contributed by atoms with Gasteiger partial charge in [-0.3, -0.25) is 0 Å². The van der Waals surface area contributed by atoms with Crippen LogP contribution in [0.5, 0.6) is 0 Å². The molecule has 3 aromatic rings. The van der Waals surface area contributed by atoms with Gasteiger partial charge in [-0.2, -0.15) is 13.2 Å². The van der Waals surface area contributed by atoms with E-state index < -0.39 is 53.3 Å². The molecule has 7 heteroatoms. The topological polar surface area (TPSA) is 0 Å². The van der Waals surface area contributed by atoms with Gasteiger partial charge in [-0.1, -0.05) is 66.7 Å². The van der Waals surface area contributed by atoms with Crippen molar-refractivity contribution in [2.45, 2.75) is 12.3 Å². The summed E-state index contributed by atoms with van der Waals surface area (Å²) in [5.74, 6) is -6.20. The molecule has 1 saturated carbocycles. The maximum Gasteiger partial charge on any atom is 0.412 e. The van der Waals surface area contributed by atoms with E-state index in [1.54, 1.807) is 12.2 Å². The fourth-order valence-electron chi connectivity index (χ4n) is 4.65. The van der Waals surface area contributed by atoms with Crippen LogP contribution >= 0.6 is 0 Å². The summed E-state index contributed by atoms with van der Waals surface area (Å²) in [6, 6.07) is 18.9. The van der Waals surface area contributed by atoms with Crippen molar-refractivity contribution in [2.24, 2.45) is 11.8 Å². The maximum absolute atomic E-state index is 14.8. The fourth-order valence-corrected chi connectivity index (χ4v) is 4.65. The highest BCUT2D eigenvalue weighted by Gasteiger charge is 2.56. The monoisotopic (exact) mass is 486 g/mol. The van der Waals surface area contributed by atoms with Gasteiger partial charge < -0.3 is 0 Å². The van der Waals surface area contributed by atoms with E-state index in [0.717, 1.165) is 34.4 Å². The van der Waals surface area contributed by atoms with E-state index in [-0.39, 0.29) is 5.56 Å². The number of fused-ring (bicyclic) bond motifs is 1. The molecule has 0 saturated heterocycles. The summed E-state index contributed by atoms with van der Waals surface area (Å²) in [4.78, 5) is 0. The Kier molecular flexibility index (Phi) is 5.66. The van der Waals surface area contributed by atoms with Gasteiger partial charge in [0.2, 0.25) is 0 Å². The molecule has 3 atom stereocenters. The largest absolute Gasteiger partial charge is 0.412 e. The van der Waals surface area contributed by atoms with E-state index in [1.807, 2.05) is 54.6 Å². The molecule has 0 bridgehead atoms. The van der Waals surface area contributed by atoms with Gasteiger partial charge in [0.1, 0.15) is 23.6 Å². The zero-order chi connectivity index (χ0) is 24.9. The summed E-state index contributed by atoms with van der Waals surface area (Å²) < 4.78 is 94.7. The number of halogens is 7. The van der Waals surface area contributed by atoms with Gasteiger partial charge in [0, 0.05) is 11.8 Å². The lowest BCUT2D eigenvalue weighted by Gasteiger charge is -2.15. The zero-order valence-corrected chi connectivity index (χ0v) is 18.0. The smallest absolute Gasteiger partial charge is 0.246 e. The van der Waals surface area contributed by atoms with Gasteiger partial charge in [-0.25, -0.2) is 17.6 Å². The first-order valence-corrected chi connectivity index (χ1v) is 10.8. The van der Waals surface area contributed by atoms with Crippen molar-refractivity contribution in [3.8, 4) is 11.1 Å². The van der Waals surface area contributed by atoms with Crippen LogP contribution in [0.2, 0.25) is 0 Å². The summed E-state index contributed by atoms with van der Waals surface area (Å²) >= 11 is 0. The summed E-state index contributed by atoms with van der Waals surface area (Å²) in [7, 11) is 0. The highest BCUT2D eigenvalue weighted by Crippen LogP contribution is 2.59. The first-order chi connectivity index (χ1) is 16.6. The molecule has 5 rings (SSSR count). The van der Waals surface area contributed by atoms with E-state index in [1.165, 1.54) is 0 Å². The molecule has 2 aliphatic rings. The van der Waals surface area contributed by atoms with Crippen LogP contribution < -0.4 is 0 Å². The third-order valence-corrected chi connectivity index (χ3v) is 6.32. The number of rotatable bonds is 4. The molecular formula is C28H17F7. The van der Waals surface area contributed by atoms with Crippen molar-refractivity contribution < 1.29 is 30.7 Å². The minimum absolute atomic E-state index is 0.0339. The normalized spacial score (nSPS) is 21.8. The van der Waals surface area contributed by atoms with E-state index >= 15 is 0 Å². The lowest BCUT2D eigenvalue weighted by molar-refractivity contribution is -0.0798. The second-order valence-electron chi connectivity index (χ2n) is 8.53. The minimum atomic E-state index is -5.07. The first kappa shape index (κ1) is 23.1. The van der Waals surface area contributed by atoms with Crippen LogP contribution in [0.15, 0.2) is 85.0 Å². The number of hydrogen-bond donors (Lipinski definition) is 0. The van der Waals surface area contributed by atoms with Crippen LogP contribution in [0.1, 0.15) is 16.7 Å². The number of hydrogen-bond acceptors (Lipinski definition) is 0. The number of benzene rings is 3. The quantitative estimate of drug-likeness (QED) is 0.324. The van der Waals surface area contributed by atoms with E-state index in [4.69, 9.17) is 0 Å². The molecule has 0 aromatic heterocycles. The van der Waals surface area contributed by atoms with Crippen molar-refractivity contribution >= 4 is 17.0 Å². The van der Waals surface area contributed by atoms with Crippen LogP contribution in [-0.4, -0.2) is 12.3 Å². The molecule has 3 aromatic carbocycles. The van der Waals surface area contributed by atoms with E-state index in [2.05, 4.69) is 0 Å². The molecule has 0 spiro atoms. The molecule has 35 heavy (non-hydrogen) atoms. The minimum Gasteiger partial charge on any atom is -0.246 e. The second-order valence-corrected chi connectivity index (χ2v) is 8.53. The van der Waals surface area contributed by atoms with Crippen molar-refractivity contribution in [1.29, 1.82) is 0 Å². The van der Waals surface area contributed by atoms with Gasteiger partial charge in [0.15, 0.2) is 0 Å². The average Bonchev–Trinajstić information content (AvgIpc) is 3.48. The Labute approximate surface area is 196 Å². The van der Waals surface area contributed by atoms with Crippen LogP contribution in [0, 0.1) is 23.5 Å². The lowest BCUT2D eigenvalue weighted by atomic mass is 9.89. The Bertz CT molecular complexity index is 1340. The third-order valence-electron chi connectivity index (χ3n) is 6.32. The molecule has 178 valence electrons. The Morgan fingerprint density at radius 2 is 1.17 bits per heavy atom. The zero-order valence-electron chi connectivity index (χ0n) is 18.0. The molecule has 0 radical (unpaired) electrons. The average molecular weight is 486 g/mol.